The summed E-state index contributed by atoms with van der Waals surface area (Å²) in [5, 5.41) is 9.52. The quantitative estimate of drug-likeness (QED) is 0.880. The van der Waals surface area contributed by atoms with E-state index in [1.807, 2.05) is 6.92 Å². The Morgan fingerprint density at radius 1 is 1.40 bits per heavy atom. The zero-order valence-electron chi connectivity index (χ0n) is 11.0. The van der Waals surface area contributed by atoms with E-state index in [0.717, 1.165) is 0 Å². The second kappa shape index (κ2) is 6.14. The highest BCUT2D eigenvalue weighted by molar-refractivity contribution is 9.10. The van der Waals surface area contributed by atoms with Gasteiger partial charge in [0.2, 0.25) is 0 Å². The van der Waals surface area contributed by atoms with Gasteiger partial charge in [0.15, 0.2) is 0 Å². The molecule has 1 aliphatic rings. The van der Waals surface area contributed by atoms with Crippen LogP contribution in [0.3, 0.4) is 0 Å². The molecule has 1 aliphatic heterocycles. The topological polar surface area (TPSA) is 57.6 Å². The normalized spacial score (nSPS) is 22.6. The number of nitrogens with zero attached hydrogens (tertiary/aromatic N) is 1. The van der Waals surface area contributed by atoms with Gasteiger partial charge in [0, 0.05) is 17.6 Å². The van der Waals surface area contributed by atoms with Crippen molar-refractivity contribution in [1.29, 1.82) is 0 Å². The highest BCUT2D eigenvalue weighted by atomic mass is 79.9. The fourth-order valence-electron chi connectivity index (χ4n) is 2.54. The number of hydrogen-bond donors (Lipinski definition) is 1. The molecule has 0 radical (unpaired) electrons. The summed E-state index contributed by atoms with van der Waals surface area (Å²) in [5.74, 6) is -1.41. The SMILES string of the molecule is CC1CC(C(=O)O)CN(C(=O)c2cccc(Br)c2Cl)C1. The molecule has 2 rings (SSSR count). The van der Waals surface area contributed by atoms with Gasteiger partial charge in [-0.3, -0.25) is 9.59 Å². The van der Waals surface area contributed by atoms with Crippen LogP contribution in [0.2, 0.25) is 5.02 Å². The first-order valence-electron chi connectivity index (χ1n) is 6.36. The van der Waals surface area contributed by atoms with Gasteiger partial charge in [0.05, 0.1) is 16.5 Å². The Balaban J connectivity index is 2.24. The van der Waals surface area contributed by atoms with E-state index in [9.17, 15) is 9.59 Å². The summed E-state index contributed by atoms with van der Waals surface area (Å²) < 4.78 is 0.657. The number of carboxylic acids is 1. The standard InChI is InChI=1S/C14H15BrClNO3/c1-8-5-9(14(19)20)7-17(6-8)13(18)10-3-2-4-11(15)12(10)16/h2-4,8-9H,5-7H2,1H3,(H,19,20). The number of likely N-dealkylation sites (tertiary alicyclic amines) is 1. The Morgan fingerprint density at radius 3 is 2.75 bits per heavy atom. The van der Waals surface area contributed by atoms with Gasteiger partial charge in [-0.2, -0.15) is 0 Å². The van der Waals surface area contributed by atoms with E-state index in [0.29, 0.717) is 28.0 Å². The maximum atomic E-state index is 12.5. The summed E-state index contributed by atoms with van der Waals surface area (Å²) in [6, 6.07) is 5.16. The lowest BCUT2D eigenvalue weighted by Gasteiger charge is -2.34. The minimum absolute atomic E-state index is 0.166. The lowest BCUT2D eigenvalue weighted by Crippen LogP contribution is -2.45. The second-order valence-electron chi connectivity index (χ2n) is 5.19. The number of halogens is 2. The van der Waals surface area contributed by atoms with Gasteiger partial charge in [-0.25, -0.2) is 0 Å². The van der Waals surface area contributed by atoms with Crippen LogP contribution in [-0.2, 0) is 4.79 Å². The molecular formula is C14H15BrClNO3. The summed E-state index contributed by atoms with van der Waals surface area (Å²) >= 11 is 9.42. The van der Waals surface area contributed by atoms with Crippen molar-refractivity contribution in [3.8, 4) is 0 Å². The molecule has 0 aliphatic carbocycles. The van der Waals surface area contributed by atoms with Gasteiger partial charge in [-0.15, -0.1) is 0 Å². The van der Waals surface area contributed by atoms with Gasteiger partial charge in [0.25, 0.3) is 5.91 Å². The monoisotopic (exact) mass is 359 g/mol. The second-order valence-corrected chi connectivity index (χ2v) is 6.42. The fraction of sp³-hybridized carbons (Fsp3) is 0.429. The molecule has 6 heteroatoms. The average molecular weight is 361 g/mol. The maximum Gasteiger partial charge on any atom is 0.308 e. The lowest BCUT2D eigenvalue weighted by molar-refractivity contribution is -0.143. The summed E-state index contributed by atoms with van der Waals surface area (Å²) in [7, 11) is 0. The fourth-order valence-corrected chi connectivity index (χ4v) is 3.11. The van der Waals surface area contributed by atoms with Crippen molar-refractivity contribution in [2.45, 2.75) is 13.3 Å². The number of aliphatic carboxylic acids is 1. The molecule has 4 nitrogen and oxygen atoms in total. The lowest BCUT2D eigenvalue weighted by atomic mass is 9.90. The number of carbonyl (C=O) groups excluding carboxylic acids is 1. The third kappa shape index (κ3) is 3.15. The van der Waals surface area contributed by atoms with E-state index in [1.165, 1.54) is 0 Å². The van der Waals surface area contributed by atoms with Crippen LogP contribution in [0, 0.1) is 11.8 Å². The Labute approximate surface area is 130 Å². The van der Waals surface area contributed by atoms with Crippen LogP contribution in [0.15, 0.2) is 22.7 Å². The Kier molecular flexibility index (Phi) is 4.70. The van der Waals surface area contributed by atoms with E-state index in [4.69, 9.17) is 16.7 Å². The highest BCUT2D eigenvalue weighted by Gasteiger charge is 2.32. The third-order valence-corrected chi connectivity index (χ3v) is 4.77. The molecule has 20 heavy (non-hydrogen) atoms. The van der Waals surface area contributed by atoms with Gasteiger partial charge in [0.1, 0.15) is 0 Å². The number of benzene rings is 1. The molecule has 0 bridgehead atoms. The van der Waals surface area contributed by atoms with Crippen molar-refractivity contribution >= 4 is 39.4 Å². The van der Waals surface area contributed by atoms with Crippen molar-refractivity contribution in [3.05, 3.63) is 33.3 Å². The Bertz CT molecular complexity index is 549. The first kappa shape index (κ1) is 15.3. The number of piperidine rings is 1. The molecule has 0 saturated carbocycles. The average Bonchev–Trinajstić information content (AvgIpc) is 2.40. The summed E-state index contributed by atoms with van der Waals surface area (Å²) in [6.07, 6.45) is 0.603. The number of carbonyl (C=O) groups is 2. The third-order valence-electron chi connectivity index (χ3n) is 3.48. The first-order valence-corrected chi connectivity index (χ1v) is 7.53. The predicted octanol–water partition coefficient (Wildman–Crippen LogP) is 3.29. The van der Waals surface area contributed by atoms with Gasteiger partial charge >= 0.3 is 5.97 Å². The van der Waals surface area contributed by atoms with Gasteiger partial charge < -0.3 is 10.0 Å². The Hall–Kier alpha value is -1.07. The summed E-state index contributed by atoms with van der Waals surface area (Å²) in [6.45, 7) is 2.75. The molecule has 1 saturated heterocycles. The number of rotatable bonds is 2. The minimum Gasteiger partial charge on any atom is -0.481 e. The van der Waals surface area contributed by atoms with Crippen LogP contribution >= 0.6 is 27.5 Å². The molecule has 1 aromatic rings. The molecule has 108 valence electrons. The van der Waals surface area contributed by atoms with Crippen LogP contribution < -0.4 is 0 Å². The van der Waals surface area contributed by atoms with E-state index >= 15 is 0 Å². The molecule has 0 aromatic heterocycles. The van der Waals surface area contributed by atoms with Crippen molar-refractivity contribution in [2.75, 3.05) is 13.1 Å². The number of amides is 1. The van der Waals surface area contributed by atoms with E-state index in [2.05, 4.69) is 15.9 Å². The molecule has 0 spiro atoms. The zero-order valence-corrected chi connectivity index (χ0v) is 13.3. The van der Waals surface area contributed by atoms with Gasteiger partial charge in [-0.1, -0.05) is 24.6 Å². The van der Waals surface area contributed by atoms with Crippen molar-refractivity contribution in [1.82, 2.24) is 4.90 Å². The summed E-state index contributed by atoms with van der Waals surface area (Å²) in [5.41, 5.74) is 0.402. The van der Waals surface area contributed by atoms with E-state index in [-0.39, 0.29) is 18.4 Å². The smallest absolute Gasteiger partial charge is 0.308 e. The van der Waals surface area contributed by atoms with Gasteiger partial charge in [-0.05, 0) is 40.4 Å². The maximum absolute atomic E-state index is 12.5. The van der Waals surface area contributed by atoms with Crippen LogP contribution in [-0.4, -0.2) is 35.0 Å². The molecule has 1 heterocycles. The van der Waals surface area contributed by atoms with Crippen LogP contribution in [0.5, 0.6) is 0 Å². The largest absolute Gasteiger partial charge is 0.481 e. The number of hydrogen-bond acceptors (Lipinski definition) is 2. The van der Waals surface area contributed by atoms with Crippen LogP contribution in [0.25, 0.3) is 0 Å². The predicted molar refractivity (Wildman–Crippen MR) is 80.0 cm³/mol. The minimum atomic E-state index is -0.852. The molecule has 1 aromatic carbocycles. The molecule has 1 amide bonds. The summed E-state index contributed by atoms with van der Waals surface area (Å²) in [4.78, 5) is 25.3. The van der Waals surface area contributed by atoms with E-state index in [1.54, 1.807) is 23.1 Å². The number of carboxylic acid groups (broad SMARTS) is 1. The molecule has 1 N–H and O–H groups in total. The van der Waals surface area contributed by atoms with Crippen LogP contribution in [0.1, 0.15) is 23.7 Å². The Morgan fingerprint density at radius 2 is 2.10 bits per heavy atom. The van der Waals surface area contributed by atoms with Crippen molar-refractivity contribution in [2.24, 2.45) is 11.8 Å². The molecule has 2 atom stereocenters. The first-order chi connectivity index (χ1) is 9.40. The van der Waals surface area contributed by atoms with Crippen molar-refractivity contribution < 1.29 is 14.7 Å². The zero-order chi connectivity index (χ0) is 14.9. The molecule has 1 fully saturated rings. The molecular weight excluding hydrogens is 346 g/mol. The molecule has 2 unspecified atom stereocenters. The van der Waals surface area contributed by atoms with Crippen molar-refractivity contribution in [3.63, 3.8) is 0 Å². The van der Waals surface area contributed by atoms with E-state index < -0.39 is 11.9 Å². The van der Waals surface area contributed by atoms with Crippen LogP contribution in [0.4, 0.5) is 0 Å². The highest BCUT2D eigenvalue weighted by Crippen LogP contribution is 2.29.